The Morgan fingerprint density at radius 1 is 1.50 bits per heavy atom. The molecule has 0 heterocycles. The van der Waals surface area contributed by atoms with Crippen LogP contribution in [0.3, 0.4) is 0 Å². The second-order valence-corrected chi connectivity index (χ2v) is 2.38. The summed E-state index contributed by atoms with van der Waals surface area (Å²) in [6.07, 6.45) is 0. The Balaban J connectivity index is 2.87. The van der Waals surface area contributed by atoms with Crippen LogP contribution in [0.15, 0.2) is 24.3 Å². The summed E-state index contributed by atoms with van der Waals surface area (Å²) in [5.74, 6) is -0.490. The second kappa shape index (κ2) is 3.88. The maximum atomic E-state index is 11.1. The fourth-order valence-corrected chi connectivity index (χ4v) is 0.938. The highest BCUT2D eigenvalue weighted by atomic mass is 16.6. The first-order chi connectivity index (χ1) is 5.75. The molecule has 3 heteroatoms. The van der Waals surface area contributed by atoms with E-state index in [9.17, 15) is 4.79 Å². The third-order valence-electron chi connectivity index (χ3n) is 1.56. The Morgan fingerprint density at radius 3 is 2.75 bits per heavy atom. The largest absolute Gasteiger partial charge is 0.435 e. The highest BCUT2D eigenvalue weighted by Gasteiger charge is 2.07. The highest BCUT2D eigenvalue weighted by Crippen LogP contribution is 2.07. The summed E-state index contributed by atoms with van der Waals surface area (Å²) >= 11 is 0. The number of carbonyl (C=O) groups is 1. The van der Waals surface area contributed by atoms with Gasteiger partial charge >= 0.3 is 5.97 Å². The van der Waals surface area contributed by atoms with E-state index in [1.165, 1.54) is 0 Å². The van der Waals surface area contributed by atoms with Gasteiger partial charge in [0, 0.05) is 0 Å². The van der Waals surface area contributed by atoms with Crippen molar-refractivity contribution in [2.24, 2.45) is 0 Å². The summed E-state index contributed by atoms with van der Waals surface area (Å²) in [7, 11) is 0. The van der Waals surface area contributed by atoms with Crippen LogP contribution in [0, 0.1) is 6.92 Å². The van der Waals surface area contributed by atoms with Crippen molar-refractivity contribution in [3.63, 3.8) is 0 Å². The highest BCUT2D eigenvalue weighted by molar-refractivity contribution is 5.90. The zero-order valence-electron chi connectivity index (χ0n) is 6.78. The number of rotatable bonds is 2. The lowest BCUT2D eigenvalue weighted by Gasteiger charge is -2.02. The number of carbonyl (C=O) groups excluding carboxylic acids is 1. The van der Waals surface area contributed by atoms with E-state index in [1.807, 2.05) is 19.1 Å². The van der Waals surface area contributed by atoms with E-state index in [2.05, 4.69) is 4.74 Å². The molecule has 3 nitrogen and oxygen atoms in total. The molecule has 0 radical (unpaired) electrons. The second-order valence-electron chi connectivity index (χ2n) is 2.38. The molecule has 64 valence electrons. The topological polar surface area (TPSA) is 46.5 Å². The fourth-order valence-electron chi connectivity index (χ4n) is 0.938. The zero-order chi connectivity index (χ0) is 8.97. The van der Waals surface area contributed by atoms with Crippen molar-refractivity contribution in [2.45, 2.75) is 6.92 Å². The normalized spacial score (nSPS) is 9.50. The maximum Gasteiger partial charge on any atom is 0.340 e. The average Bonchev–Trinajstić information content (AvgIpc) is 2.05. The van der Waals surface area contributed by atoms with Gasteiger partial charge in [-0.05, 0) is 18.6 Å². The number of hydrogen-bond acceptors (Lipinski definition) is 3. The fraction of sp³-hybridized carbons (Fsp3) is 0.222. The van der Waals surface area contributed by atoms with Gasteiger partial charge in [-0.2, -0.15) is 0 Å². The first kappa shape index (κ1) is 8.74. The molecule has 0 aromatic heterocycles. The molecule has 0 aliphatic rings. The molecule has 1 rings (SSSR count). The number of ether oxygens (including phenoxy) is 1. The third-order valence-corrected chi connectivity index (χ3v) is 1.56. The number of aryl methyl sites for hydroxylation is 1. The molecule has 0 bridgehead atoms. The molecule has 0 saturated heterocycles. The first-order valence-corrected chi connectivity index (χ1v) is 3.59. The Labute approximate surface area is 70.6 Å². The maximum absolute atomic E-state index is 11.1. The van der Waals surface area contributed by atoms with Crippen molar-refractivity contribution in [1.29, 1.82) is 0 Å². The molecule has 0 aliphatic carbocycles. The Morgan fingerprint density at radius 2 is 2.17 bits per heavy atom. The molecule has 0 saturated carbocycles. The molecule has 0 fully saturated rings. The van der Waals surface area contributed by atoms with Crippen LogP contribution in [0.25, 0.3) is 0 Å². The molecule has 12 heavy (non-hydrogen) atoms. The quantitative estimate of drug-likeness (QED) is 0.528. The van der Waals surface area contributed by atoms with Gasteiger partial charge in [0.2, 0.25) is 0 Å². The minimum absolute atomic E-state index is 0.490. The average molecular weight is 166 g/mol. The molecule has 1 aromatic rings. The minimum atomic E-state index is -0.576. The number of hydrogen-bond donors (Lipinski definition) is 1. The van der Waals surface area contributed by atoms with Gasteiger partial charge < -0.3 is 9.84 Å². The van der Waals surface area contributed by atoms with E-state index >= 15 is 0 Å². The van der Waals surface area contributed by atoms with Crippen molar-refractivity contribution >= 4 is 5.97 Å². The lowest BCUT2D eigenvalue weighted by molar-refractivity contribution is 0.00677. The van der Waals surface area contributed by atoms with Crippen LogP contribution < -0.4 is 0 Å². The van der Waals surface area contributed by atoms with Crippen molar-refractivity contribution in [3.8, 4) is 0 Å². The van der Waals surface area contributed by atoms with Crippen molar-refractivity contribution in [1.82, 2.24) is 0 Å². The van der Waals surface area contributed by atoms with Gasteiger partial charge in [-0.25, -0.2) is 4.79 Å². The Hall–Kier alpha value is -1.35. The van der Waals surface area contributed by atoms with Gasteiger partial charge in [0.25, 0.3) is 0 Å². The predicted octanol–water partition coefficient (Wildman–Crippen LogP) is 1.10. The van der Waals surface area contributed by atoms with E-state index in [0.717, 1.165) is 5.56 Å². The summed E-state index contributed by atoms with van der Waals surface area (Å²) in [5.41, 5.74) is 1.34. The number of aliphatic hydroxyl groups is 1. The SMILES string of the molecule is Cc1ccccc1C(=O)OCO. The summed E-state index contributed by atoms with van der Waals surface area (Å²) in [6, 6.07) is 7.06. The van der Waals surface area contributed by atoms with Crippen molar-refractivity contribution in [2.75, 3.05) is 6.79 Å². The Bertz CT molecular complexity index is 281. The van der Waals surface area contributed by atoms with E-state index in [-0.39, 0.29) is 0 Å². The van der Waals surface area contributed by atoms with Gasteiger partial charge in [0.05, 0.1) is 5.56 Å². The number of aliphatic hydroxyl groups excluding tert-OH is 1. The monoisotopic (exact) mass is 166 g/mol. The summed E-state index contributed by atoms with van der Waals surface area (Å²) in [5, 5.41) is 8.35. The third kappa shape index (κ3) is 1.83. The van der Waals surface area contributed by atoms with Gasteiger partial charge in [-0.3, -0.25) is 0 Å². The van der Waals surface area contributed by atoms with Crippen LogP contribution in [0.5, 0.6) is 0 Å². The molecular weight excluding hydrogens is 156 g/mol. The molecular formula is C9H10O3. The molecule has 0 amide bonds. The Kier molecular flexibility index (Phi) is 2.82. The van der Waals surface area contributed by atoms with Crippen LogP contribution in [0.2, 0.25) is 0 Å². The summed E-state index contributed by atoms with van der Waals surface area (Å²) < 4.78 is 4.43. The standard InChI is InChI=1S/C9H10O3/c1-7-4-2-3-5-8(7)9(11)12-6-10/h2-5,10H,6H2,1H3. The van der Waals surface area contributed by atoms with Gasteiger partial charge in [0.1, 0.15) is 0 Å². The van der Waals surface area contributed by atoms with Crippen LogP contribution in [0.4, 0.5) is 0 Å². The molecule has 0 spiro atoms. The van der Waals surface area contributed by atoms with E-state index < -0.39 is 12.8 Å². The van der Waals surface area contributed by atoms with Crippen LogP contribution >= 0.6 is 0 Å². The van der Waals surface area contributed by atoms with E-state index in [4.69, 9.17) is 5.11 Å². The number of benzene rings is 1. The molecule has 0 unspecified atom stereocenters. The van der Waals surface area contributed by atoms with Crippen molar-refractivity contribution in [3.05, 3.63) is 35.4 Å². The van der Waals surface area contributed by atoms with Gasteiger partial charge in [-0.15, -0.1) is 0 Å². The van der Waals surface area contributed by atoms with Gasteiger partial charge in [0.15, 0.2) is 6.79 Å². The summed E-state index contributed by atoms with van der Waals surface area (Å²) in [6.45, 7) is 1.24. The van der Waals surface area contributed by atoms with Gasteiger partial charge in [-0.1, -0.05) is 18.2 Å². The van der Waals surface area contributed by atoms with E-state index in [0.29, 0.717) is 5.56 Å². The lowest BCUT2D eigenvalue weighted by atomic mass is 10.1. The zero-order valence-corrected chi connectivity index (χ0v) is 6.78. The summed E-state index contributed by atoms with van der Waals surface area (Å²) in [4.78, 5) is 11.1. The lowest BCUT2D eigenvalue weighted by Crippen LogP contribution is -2.07. The minimum Gasteiger partial charge on any atom is -0.435 e. The molecule has 0 atom stereocenters. The van der Waals surface area contributed by atoms with Crippen molar-refractivity contribution < 1.29 is 14.6 Å². The van der Waals surface area contributed by atoms with Crippen LogP contribution in [-0.4, -0.2) is 17.9 Å². The molecule has 0 aliphatic heterocycles. The van der Waals surface area contributed by atoms with Crippen LogP contribution in [-0.2, 0) is 4.74 Å². The number of esters is 1. The molecule has 1 N–H and O–H groups in total. The first-order valence-electron chi connectivity index (χ1n) is 3.59. The smallest absolute Gasteiger partial charge is 0.340 e. The van der Waals surface area contributed by atoms with Crippen LogP contribution in [0.1, 0.15) is 15.9 Å². The predicted molar refractivity (Wildman–Crippen MR) is 43.7 cm³/mol. The van der Waals surface area contributed by atoms with E-state index in [1.54, 1.807) is 12.1 Å². The molecule has 1 aromatic carbocycles.